The van der Waals surface area contributed by atoms with Gasteiger partial charge in [0.15, 0.2) is 0 Å². The van der Waals surface area contributed by atoms with Crippen LogP contribution in [-0.2, 0) is 18.4 Å². The molecule has 80 heavy (non-hydrogen) atoms. The monoisotopic (exact) mass is 1150 g/mol. The Kier molecular flexibility index (Phi) is 61.3. The molecule has 0 spiro atoms. The number of likely N-dealkylation sites (N-methyl/N-ethyl adjacent to an activating group) is 1. The highest BCUT2D eigenvalue weighted by Gasteiger charge is 2.28. The molecule has 0 saturated heterocycles. The van der Waals surface area contributed by atoms with Crippen molar-refractivity contribution in [2.24, 2.45) is 0 Å². The zero-order chi connectivity index (χ0) is 58.4. The molecular weight excluding hydrogens is 1010 g/mol. The third-order valence-corrected chi connectivity index (χ3v) is 17.4. The maximum Gasteiger partial charge on any atom is 0.472 e. The van der Waals surface area contributed by atoms with Gasteiger partial charge in [-0.1, -0.05) is 339 Å². The molecule has 0 radical (unpaired) electrons. The van der Waals surface area contributed by atoms with E-state index in [9.17, 15) is 19.4 Å². The highest BCUT2D eigenvalue weighted by Crippen LogP contribution is 2.43. The molecule has 0 fully saturated rings. The van der Waals surface area contributed by atoms with Crippen LogP contribution in [0.5, 0.6) is 0 Å². The van der Waals surface area contributed by atoms with Gasteiger partial charge in [0.05, 0.1) is 39.9 Å². The summed E-state index contributed by atoms with van der Waals surface area (Å²) in [5.41, 5.74) is 0. The van der Waals surface area contributed by atoms with Crippen LogP contribution in [0.4, 0.5) is 0 Å². The molecule has 0 heterocycles. The number of quaternary nitrogens is 1. The second-order valence-electron chi connectivity index (χ2n) is 25.6. The SMILES string of the molecule is CCCCCCC/C=C\C/C=C\C/C=C\CCCCCCCCCCCCCCCCCCCCCCC(=O)NC(COP(=O)(O)OCC[N+](C)(C)C)C(O)CCCCCCCCCCCCCCCCCCCCCCCCC. The molecule has 3 atom stereocenters. The van der Waals surface area contributed by atoms with E-state index in [2.05, 4.69) is 55.6 Å². The number of allylic oxidation sites excluding steroid dienone is 6. The second-order valence-corrected chi connectivity index (χ2v) is 27.1. The van der Waals surface area contributed by atoms with Gasteiger partial charge in [0.2, 0.25) is 5.91 Å². The summed E-state index contributed by atoms with van der Waals surface area (Å²) in [5, 5.41) is 14.1. The summed E-state index contributed by atoms with van der Waals surface area (Å²) in [7, 11) is 1.63. The summed E-state index contributed by atoms with van der Waals surface area (Å²) in [6.07, 6.45) is 82.5. The molecule has 1 amide bonds. The number of carbonyl (C=O) groups is 1. The van der Waals surface area contributed by atoms with Crippen LogP contribution in [0.15, 0.2) is 36.5 Å². The topological polar surface area (TPSA) is 105 Å². The first-order chi connectivity index (χ1) is 39.0. The standard InChI is InChI=1S/C71H139N2O6P/c1-6-8-10-12-14-16-18-20-22-24-26-28-30-31-32-33-34-35-36-37-38-39-40-41-43-45-47-49-51-53-55-57-59-61-63-65-71(75)72-69(68-79-80(76,77)78-67-66-73(3,4)5)70(74)64-62-60-58-56-54-52-50-48-46-44-42-29-27-25-23-21-19-17-15-13-11-9-7-2/h18,20,24,26,30-31,69-70,74H,6-17,19,21-23,25,27-29,32-68H2,1-5H3,(H-,72,75,76,77)/p+1/b20-18-,26-24-,31-30-. The van der Waals surface area contributed by atoms with Crippen molar-refractivity contribution in [3.63, 3.8) is 0 Å². The Morgan fingerprint density at radius 1 is 0.425 bits per heavy atom. The van der Waals surface area contributed by atoms with E-state index in [0.29, 0.717) is 23.9 Å². The Hall–Kier alpha value is -1.28. The number of amides is 1. The average Bonchev–Trinajstić information content (AvgIpc) is 3.42. The molecule has 0 rings (SSSR count). The Balaban J connectivity index is 3.97. The van der Waals surface area contributed by atoms with E-state index in [1.807, 2.05) is 21.1 Å². The van der Waals surface area contributed by atoms with Crippen molar-refractivity contribution >= 4 is 13.7 Å². The van der Waals surface area contributed by atoms with Gasteiger partial charge >= 0.3 is 7.82 Å². The highest BCUT2D eigenvalue weighted by atomic mass is 31.2. The third kappa shape index (κ3) is 64.3. The minimum absolute atomic E-state index is 0.0769. The third-order valence-electron chi connectivity index (χ3n) is 16.4. The molecule has 9 heteroatoms. The summed E-state index contributed by atoms with van der Waals surface area (Å²) < 4.78 is 23.9. The predicted molar refractivity (Wildman–Crippen MR) is 351 cm³/mol. The number of aliphatic hydroxyl groups is 1. The zero-order valence-corrected chi connectivity index (χ0v) is 55.2. The molecule has 8 nitrogen and oxygen atoms in total. The number of hydrogen-bond acceptors (Lipinski definition) is 5. The Morgan fingerprint density at radius 2 is 0.713 bits per heavy atom. The number of nitrogens with one attached hydrogen (secondary N) is 1. The van der Waals surface area contributed by atoms with E-state index in [1.54, 1.807) is 0 Å². The first kappa shape index (κ1) is 78.7. The van der Waals surface area contributed by atoms with E-state index < -0.39 is 20.0 Å². The zero-order valence-electron chi connectivity index (χ0n) is 54.3. The minimum atomic E-state index is -4.33. The highest BCUT2D eigenvalue weighted by molar-refractivity contribution is 7.47. The van der Waals surface area contributed by atoms with E-state index in [1.165, 1.54) is 283 Å². The summed E-state index contributed by atoms with van der Waals surface area (Å²) in [4.78, 5) is 23.5. The normalized spacial score (nSPS) is 13.8. The van der Waals surface area contributed by atoms with Crippen molar-refractivity contribution in [3.8, 4) is 0 Å². The molecule has 474 valence electrons. The van der Waals surface area contributed by atoms with Gasteiger partial charge < -0.3 is 19.8 Å². The average molecular weight is 1150 g/mol. The quantitative estimate of drug-likeness (QED) is 0.0243. The van der Waals surface area contributed by atoms with Crippen molar-refractivity contribution < 1.29 is 32.9 Å². The second kappa shape index (κ2) is 62.3. The number of phosphoric acid groups is 1. The van der Waals surface area contributed by atoms with Crippen LogP contribution in [0.3, 0.4) is 0 Å². The van der Waals surface area contributed by atoms with Crippen LogP contribution in [0.25, 0.3) is 0 Å². The number of aliphatic hydroxyl groups excluding tert-OH is 1. The maximum atomic E-state index is 13.1. The minimum Gasteiger partial charge on any atom is -0.391 e. The Bertz CT molecular complexity index is 1400. The summed E-state index contributed by atoms with van der Waals surface area (Å²) >= 11 is 0. The van der Waals surface area contributed by atoms with Gasteiger partial charge in [-0.05, 0) is 51.4 Å². The van der Waals surface area contributed by atoms with Gasteiger partial charge in [0.25, 0.3) is 0 Å². The van der Waals surface area contributed by atoms with E-state index in [0.717, 1.165) is 51.4 Å². The van der Waals surface area contributed by atoms with Crippen LogP contribution in [-0.4, -0.2) is 73.4 Å². The van der Waals surface area contributed by atoms with Crippen molar-refractivity contribution in [3.05, 3.63) is 36.5 Å². The molecule has 3 unspecified atom stereocenters. The largest absolute Gasteiger partial charge is 0.472 e. The molecule has 0 bridgehead atoms. The van der Waals surface area contributed by atoms with Gasteiger partial charge in [-0.3, -0.25) is 13.8 Å². The van der Waals surface area contributed by atoms with Crippen LogP contribution in [0.1, 0.15) is 361 Å². The number of rotatable bonds is 66. The van der Waals surface area contributed by atoms with Crippen molar-refractivity contribution in [2.75, 3.05) is 40.9 Å². The number of phosphoric ester groups is 1. The van der Waals surface area contributed by atoms with Crippen LogP contribution in [0.2, 0.25) is 0 Å². The number of carbonyl (C=O) groups excluding carboxylic acids is 1. The molecule has 0 aromatic heterocycles. The molecule has 0 aromatic carbocycles. The van der Waals surface area contributed by atoms with Crippen LogP contribution >= 0.6 is 7.82 Å². The molecule has 0 saturated carbocycles. The predicted octanol–water partition coefficient (Wildman–Crippen LogP) is 22.4. The Labute approximate surface area is 499 Å². The fraction of sp³-hybridized carbons (Fsp3) is 0.901. The van der Waals surface area contributed by atoms with Crippen molar-refractivity contribution in [1.29, 1.82) is 0 Å². The number of hydrogen-bond donors (Lipinski definition) is 3. The molecule has 0 aliphatic rings. The first-order valence-electron chi connectivity index (χ1n) is 35.4. The summed E-state index contributed by atoms with van der Waals surface area (Å²) in [6, 6.07) is -0.760. The lowest BCUT2D eigenvalue weighted by Crippen LogP contribution is -2.46. The smallest absolute Gasteiger partial charge is 0.391 e. The molecule has 0 aliphatic heterocycles. The van der Waals surface area contributed by atoms with Crippen LogP contribution < -0.4 is 5.32 Å². The molecular formula is C71H140N2O6P+. The van der Waals surface area contributed by atoms with E-state index in [-0.39, 0.29) is 19.1 Å². The van der Waals surface area contributed by atoms with Crippen molar-refractivity contribution in [2.45, 2.75) is 373 Å². The number of nitrogens with zero attached hydrogens (tertiary/aromatic N) is 1. The van der Waals surface area contributed by atoms with Gasteiger partial charge in [-0.25, -0.2) is 4.57 Å². The van der Waals surface area contributed by atoms with E-state index >= 15 is 0 Å². The Morgan fingerprint density at radius 3 is 1.04 bits per heavy atom. The summed E-state index contributed by atoms with van der Waals surface area (Å²) in [5.74, 6) is -0.137. The fourth-order valence-corrected chi connectivity index (χ4v) is 11.6. The van der Waals surface area contributed by atoms with Gasteiger partial charge in [-0.15, -0.1) is 0 Å². The maximum absolute atomic E-state index is 13.1. The molecule has 3 N–H and O–H groups in total. The van der Waals surface area contributed by atoms with E-state index in [4.69, 9.17) is 9.05 Å². The van der Waals surface area contributed by atoms with Gasteiger partial charge in [0.1, 0.15) is 13.2 Å². The lowest BCUT2D eigenvalue weighted by atomic mass is 10.0. The van der Waals surface area contributed by atoms with Crippen molar-refractivity contribution in [1.82, 2.24) is 5.32 Å². The van der Waals surface area contributed by atoms with Crippen LogP contribution in [0, 0.1) is 0 Å². The molecule has 0 aromatic rings. The summed E-state index contributed by atoms with van der Waals surface area (Å²) in [6.45, 7) is 4.93. The first-order valence-corrected chi connectivity index (χ1v) is 36.8. The fourth-order valence-electron chi connectivity index (χ4n) is 10.9. The number of unbranched alkanes of at least 4 members (excludes halogenated alkanes) is 47. The lowest BCUT2D eigenvalue weighted by Gasteiger charge is -2.26. The lowest BCUT2D eigenvalue weighted by molar-refractivity contribution is -0.870. The molecule has 0 aliphatic carbocycles. The van der Waals surface area contributed by atoms with Gasteiger partial charge in [0, 0.05) is 6.42 Å². The van der Waals surface area contributed by atoms with Gasteiger partial charge in [-0.2, -0.15) is 0 Å².